The zero-order valence-electron chi connectivity index (χ0n) is 10.3. The van der Waals surface area contributed by atoms with Crippen molar-refractivity contribution >= 4 is 43.2 Å². The van der Waals surface area contributed by atoms with Crippen LogP contribution in [0.4, 0.5) is 5.69 Å². The van der Waals surface area contributed by atoms with Crippen molar-refractivity contribution in [1.29, 1.82) is 0 Å². The summed E-state index contributed by atoms with van der Waals surface area (Å²) in [7, 11) is -3.67. The Bertz CT molecular complexity index is 735. The monoisotopic (exact) mass is 374 g/mol. The number of nitrogen functional groups attached to an aromatic ring is 1. The topological polar surface area (TPSA) is 72.2 Å². The molecule has 0 saturated heterocycles. The molecule has 106 valence electrons. The summed E-state index contributed by atoms with van der Waals surface area (Å²) in [6, 6.07) is 11.7. The van der Waals surface area contributed by atoms with E-state index >= 15 is 0 Å². The minimum absolute atomic E-state index is 0.0249. The molecule has 0 atom stereocenters. The minimum atomic E-state index is -3.67. The summed E-state index contributed by atoms with van der Waals surface area (Å²) in [6.07, 6.45) is 0. The Morgan fingerprint density at radius 3 is 2.60 bits per heavy atom. The maximum atomic E-state index is 12.2. The Kier molecular flexibility index (Phi) is 4.70. The predicted octanol–water partition coefficient (Wildman–Crippen LogP) is 3.16. The van der Waals surface area contributed by atoms with Crippen LogP contribution in [0.2, 0.25) is 5.02 Å². The van der Waals surface area contributed by atoms with Crippen molar-refractivity contribution in [2.45, 2.75) is 11.4 Å². The first-order valence-electron chi connectivity index (χ1n) is 5.67. The molecule has 0 saturated carbocycles. The van der Waals surface area contributed by atoms with E-state index in [0.29, 0.717) is 5.02 Å². The van der Waals surface area contributed by atoms with E-state index in [1.807, 2.05) is 24.3 Å². The highest BCUT2D eigenvalue weighted by Gasteiger charge is 2.17. The molecule has 0 unspecified atom stereocenters. The lowest BCUT2D eigenvalue weighted by molar-refractivity contribution is 0.581. The first kappa shape index (κ1) is 15.3. The number of benzene rings is 2. The number of nitrogens with one attached hydrogen (secondary N) is 1. The molecule has 3 N–H and O–H groups in total. The molecule has 0 aromatic heterocycles. The van der Waals surface area contributed by atoms with Gasteiger partial charge in [-0.25, -0.2) is 13.1 Å². The Hall–Kier alpha value is -1.08. The second-order valence-corrected chi connectivity index (χ2v) is 7.22. The van der Waals surface area contributed by atoms with Gasteiger partial charge in [0.25, 0.3) is 0 Å². The van der Waals surface area contributed by atoms with Crippen molar-refractivity contribution in [3.05, 3.63) is 57.5 Å². The normalized spacial score (nSPS) is 11.5. The number of rotatable bonds is 4. The van der Waals surface area contributed by atoms with E-state index in [2.05, 4.69) is 20.7 Å². The smallest absolute Gasteiger partial charge is 0.242 e. The molecular weight excluding hydrogens is 364 g/mol. The molecule has 0 fully saturated rings. The summed E-state index contributed by atoms with van der Waals surface area (Å²) in [6.45, 7) is 0.184. The molecule has 0 radical (unpaired) electrons. The fourth-order valence-electron chi connectivity index (χ4n) is 1.67. The van der Waals surface area contributed by atoms with Crippen LogP contribution in [0, 0.1) is 0 Å². The fraction of sp³-hybridized carbons (Fsp3) is 0.0769. The van der Waals surface area contributed by atoms with Crippen LogP contribution >= 0.6 is 27.5 Å². The molecule has 7 heteroatoms. The molecule has 0 heterocycles. The minimum Gasteiger partial charge on any atom is -0.398 e. The van der Waals surface area contributed by atoms with Crippen LogP contribution < -0.4 is 10.5 Å². The number of nitrogens with two attached hydrogens (primary N) is 1. The van der Waals surface area contributed by atoms with E-state index in [1.54, 1.807) is 0 Å². The Morgan fingerprint density at radius 1 is 1.20 bits per heavy atom. The number of anilines is 1. The molecule has 0 aliphatic heterocycles. The third-order valence-corrected chi connectivity index (χ3v) is 4.82. The van der Waals surface area contributed by atoms with Crippen LogP contribution in [0.3, 0.4) is 0 Å². The lowest BCUT2D eigenvalue weighted by Crippen LogP contribution is -2.24. The fourth-order valence-corrected chi connectivity index (χ4v) is 3.42. The van der Waals surface area contributed by atoms with Gasteiger partial charge in [-0.2, -0.15) is 0 Å². The lowest BCUT2D eigenvalue weighted by atomic mass is 10.2. The second kappa shape index (κ2) is 6.13. The molecule has 0 bridgehead atoms. The van der Waals surface area contributed by atoms with Gasteiger partial charge in [0.05, 0.1) is 5.69 Å². The van der Waals surface area contributed by atoms with Gasteiger partial charge in [0.1, 0.15) is 4.90 Å². The standard InChI is InChI=1S/C13H12BrClN2O2S/c14-10-3-1-2-9(6-10)8-17-20(18,19)13-5-4-11(15)7-12(13)16/h1-7,17H,8,16H2. The first-order chi connectivity index (χ1) is 9.38. The summed E-state index contributed by atoms with van der Waals surface area (Å²) in [5.41, 5.74) is 6.66. The molecule has 20 heavy (non-hydrogen) atoms. The molecule has 0 amide bonds. The largest absolute Gasteiger partial charge is 0.398 e. The van der Waals surface area contributed by atoms with Gasteiger partial charge in [-0.05, 0) is 35.9 Å². The van der Waals surface area contributed by atoms with E-state index in [1.165, 1.54) is 18.2 Å². The van der Waals surface area contributed by atoms with Gasteiger partial charge >= 0.3 is 0 Å². The molecule has 0 spiro atoms. The Morgan fingerprint density at radius 2 is 1.95 bits per heavy atom. The number of halogens is 2. The number of sulfonamides is 1. The summed E-state index contributed by atoms with van der Waals surface area (Å²) in [4.78, 5) is 0.0249. The molecular formula is C13H12BrClN2O2S. The van der Waals surface area contributed by atoms with E-state index in [-0.39, 0.29) is 17.1 Å². The van der Waals surface area contributed by atoms with Gasteiger partial charge in [0.15, 0.2) is 0 Å². The maximum Gasteiger partial charge on any atom is 0.242 e. The molecule has 2 aromatic carbocycles. The molecule has 4 nitrogen and oxygen atoms in total. The number of hydrogen-bond donors (Lipinski definition) is 2. The van der Waals surface area contributed by atoms with Gasteiger partial charge in [-0.15, -0.1) is 0 Å². The average molecular weight is 376 g/mol. The van der Waals surface area contributed by atoms with Crippen molar-refractivity contribution in [3.63, 3.8) is 0 Å². The summed E-state index contributed by atoms with van der Waals surface area (Å²) in [5.74, 6) is 0. The SMILES string of the molecule is Nc1cc(Cl)ccc1S(=O)(=O)NCc1cccc(Br)c1. The van der Waals surface area contributed by atoms with E-state index in [9.17, 15) is 8.42 Å². The zero-order chi connectivity index (χ0) is 14.8. The van der Waals surface area contributed by atoms with Crippen LogP contribution in [0.15, 0.2) is 51.8 Å². The van der Waals surface area contributed by atoms with Gasteiger partial charge in [-0.1, -0.05) is 39.7 Å². The summed E-state index contributed by atoms with van der Waals surface area (Å²) >= 11 is 9.09. The van der Waals surface area contributed by atoms with Crippen LogP contribution in [0.5, 0.6) is 0 Å². The summed E-state index contributed by atoms with van der Waals surface area (Å²) < 4.78 is 27.7. The highest BCUT2D eigenvalue weighted by molar-refractivity contribution is 9.10. The van der Waals surface area contributed by atoms with Gasteiger partial charge in [0.2, 0.25) is 10.0 Å². The Labute approximate surface area is 131 Å². The molecule has 2 aromatic rings. The highest BCUT2D eigenvalue weighted by Crippen LogP contribution is 2.22. The lowest BCUT2D eigenvalue weighted by Gasteiger charge is -2.09. The van der Waals surface area contributed by atoms with Crippen molar-refractivity contribution in [3.8, 4) is 0 Å². The third-order valence-electron chi connectivity index (χ3n) is 2.62. The van der Waals surface area contributed by atoms with E-state index in [4.69, 9.17) is 17.3 Å². The van der Waals surface area contributed by atoms with Crippen molar-refractivity contribution in [2.24, 2.45) is 0 Å². The zero-order valence-corrected chi connectivity index (χ0v) is 13.5. The molecule has 0 aliphatic carbocycles. The van der Waals surface area contributed by atoms with Gasteiger partial charge < -0.3 is 5.73 Å². The van der Waals surface area contributed by atoms with Crippen molar-refractivity contribution < 1.29 is 8.42 Å². The maximum absolute atomic E-state index is 12.2. The van der Waals surface area contributed by atoms with Gasteiger partial charge in [-0.3, -0.25) is 0 Å². The van der Waals surface area contributed by atoms with Crippen LogP contribution in [0.25, 0.3) is 0 Å². The number of hydrogen-bond acceptors (Lipinski definition) is 3. The van der Waals surface area contributed by atoms with E-state index < -0.39 is 10.0 Å². The van der Waals surface area contributed by atoms with Crippen LogP contribution in [-0.2, 0) is 16.6 Å². The van der Waals surface area contributed by atoms with Crippen LogP contribution in [0.1, 0.15) is 5.56 Å². The first-order valence-corrected chi connectivity index (χ1v) is 8.33. The van der Waals surface area contributed by atoms with E-state index in [0.717, 1.165) is 10.0 Å². The quantitative estimate of drug-likeness (QED) is 0.806. The molecule has 0 aliphatic rings. The average Bonchev–Trinajstić information content (AvgIpc) is 2.36. The summed E-state index contributed by atoms with van der Waals surface area (Å²) in [5, 5.41) is 0.397. The Balaban J connectivity index is 2.19. The second-order valence-electron chi connectivity index (χ2n) is 4.14. The van der Waals surface area contributed by atoms with Crippen molar-refractivity contribution in [2.75, 3.05) is 5.73 Å². The van der Waals surface area contributed by atoms with Crippen LogP contribution in [-0.4, -0.2) is 8.42 Å². The highest BCUT2D eigenvalue weighted by atomic mass is 79.9. The van der Waals surface area contributed by atoms with Crippen molar-refractivity contribution in [1.82, 2.24) is 4.72 Å². The molecule has 2 rings (SSSR count). The third kappa shape index (κ3) is 3.73. The predicted molar refractivity (Wildman–Crippen MR) is 84.0 cm³/mol. The van der Waals surface area contributed by atoms with Gasteiger partial charge in [0, 0.05) is 16.0 Å².